The molecule has 0 fully saturated rings. The number of carbonyl (C=O) groups excluding carboxylic acids is 1. The summed E-state index contributed by atoms with van der Waals surface area (Å²) in [6.45, 7) is 2.01. The van der Waals surface area contributed by atoms with Gasteiger partial charge in [-0.3, -0.25) is 9.59 Å². The van der Waals surface area contributed by atoms with Crippen molar-refractivity contribution in [1.29, 1.82) is 0 Å². The lowest BCUT2D eigenvalue weighted by molar-refractivity contribution is 0.0941. The fourth-order valence-electron chi connectivity index (χ4n) is 3.20. The number of rotatable bonds is 5. The molecule has 4 aromatic rings. The predicted octanol–water partition coefficient (Wildman–Crippen LogP) is 4.46. The van der Waals surface area contributed by atoms with Gasteiger partial charge in [0, 0.05) is 0 Å². The Morgan fingerprint density at radius 1 is 0.897 bits per heavy atom. The molecule has 2 aromatic carbocycles. The highest BCUT2D eigenvalue weighted by molar-refractivity contribution is 5.94. The number of amides is 1. The van der Waals surface area contributed by atoms with Crippen LogP contribution in [0.2, 0.25) is 0 Å². The summed E-state index contributed by atoms with van der Waals surface area (Å²) in [4.78, 5) is 28.2. The second kappa shape index (κ2) is 8.02. The summed E-state index contributed by atoms with van der Waals surface area (Å²) >= 11 is 0. The molecule has 0 radical (unpaired) electrons. The normalized spacial score (nSPS) is 11.8. The van der Waals surface area contributed by atoms with E-state index in [4.69, 9.17) is 4.42 Å². The molecule has 0 saturated heterocycles. The molecule has 2 aromatic heterocycles. The number of nitrogens with one attached hydrogen (secondary N) is 2. The van der Waals surface area contributed by atoms with Crippen molar-refractivity contribution < 1.29 is 9.21 Å². The minimum Gasteiger partial charge on any atom is -0.463 e. The van der Waals surface area contributed by atoms with E-state index in [0.29, 0.717) is 11.5 Å². The van der Waals surface area contributed by atoms with Crippen LogP contribution in [0.1, 0.15) is 33.1 Å². The van der Waals surface area contributed by atoms with Crippen LogP contribution in [0.5, 0.6) is 0 Å². The van der Waals surface area contributed by atoms with Crippen molar-refractivity contribution in [2.24, 2.45) is 0 Å². The highest BCUT2D eigenvalue weighted by Crippen LogP contribution is 2.23. The van der Waals surface area contributed by atoms with E-state index in [1.165, 1.54) is 12.3 Å². The number of hydrogen-bond acceptors (Lipinski definition) is 3. The van der Waals surface area contributed by atoms with Crippen LogP contribution in [-0.2, 0) is 0 Å². The van der Waals surface area contributed by atoms with Crippen LogP contribution in [0.4, 0.5) is 0 Å². The maximum Gasteiger partial charge on any atom is 0.261 e. The number of carbonyl (C=O) groups is 1. The number of pyridine rings is 1. The quantitative estimate of drug-likeness (QED) is 0.533. The second-order valence-electron chi connectivity index (χ2n) is 6.82. The molecule has 0 aliphatic rings. The molecular weight excluding hydrogens is 364 g/mol. The van der Waals surface area contributed by atoms with Crippen molar-refractivity contribution >= 4 is 5.91 Å². The summed E-state index contributed by atoms with van der Waals surface area (Å²) in [5.41, 5.74) is 3.12. The van der Waals surface area contributed by atoms with E-state index in [2.05, 4.69) is 10.3 Å². The third-order valence-electron chi connectivity index (χ3n) is 4.76. The summed E-state index contributed by atoms with van der Waals surface area (Å²) in [5.74, 6) is 0.0996. The first-order chi connectivity index (χ1) is 14.1. The van der Waals surface area contributed by atoms with Crippen molar-refractivity contribution in [2.45, 2.75) is 13.0 Å². The zero-order valence-corrected chi connectivity index (χ0v) is 15.9. The van der Waals surface area contributed by atoms with Gasteiger partial charge in [0.05, 0.1) is 18.0 Å². The van der Waals surface area contributed by atoms with E-state index >= 15 is 0 Å². The van der Waals surface area contributed by atoms with Gasteiger partial charge in [-0.05, 0) is 42.3 Å². The van der Waals surface area contributed by atoms with Crippen LogP contribution >= 0.6 is 0 Å². The van der Waals surface area contributed by atoms with Gasteiger partial charge in [-0.1, -0.05) is 60.2 Å². The molecule has 5 nitrogen and oxygen atoms in total. The molecule has 0 saturated carbocycles. The van der Waals surface area contributed by atoms with Crippen LogP contribution in [-0.4, -0.2) is 10.9 Å². The van der Waals surface area contributed by atoms with Crippen molar-refractivity contribution in [3.05, 3.63) is 118 Å². The lowest BCUT2D eigenvalue weighted by atomic mass is 9.97. The van der Waals surface area contributed by atoms with E-state index in [0.717, 1.165) is 16.7 Å². The molecule has 1 amide bonds. The minimum atomic E-state index is -0.466. The number of aromatic nitrogens is 1. The van der Waals surface area contributed by atoms with Crippen LogP contribution in [0.25, 0.3) is 11.5 Å². The zero-order valence-electron chi connectivity index (χ0n) is 15.9. The smallest absolute Gasteiger partial charge is 0.261 e. The summed E-state index contributed by atoms with van der Waals surface area (Å²) < 4.78 is 5.29. The molecule has 0 aliphatic heterocycles. The number of aromatic amines is 1. The third kappa shape index (κ3) is 4.04. The molecule has 0 bridgehead atoms. The van der Waals surface area contributed by atoms with Gasteiger partial charge in [0.25, 0.3) is 11.5 Å². The third-order valence-corrected chi connectivity index (χ3v) is 4.76. The Morgan fingerprint density at radius 3 is 2.28 bits per heavy atom. The molecular formula is C24H20N2O3. The number of hydrogen-bond donors (Lipinski definition) is 2. The van der Waals surface area contributed by atoms with Crippen molar-refractivity contribution in [2.75, 3.05) is 0 Å². The Kier molecular flexibility index (Phi) is 5.12. The number of aryl methyl sites for hydroxylation is 1. The van der Waals surface area contributed by atoms with E-state index in [1.807, 2.05) is 61.5 Å². The Hall–Kier alpha value is -3.86. The molecule has 2 heterocycles. The summed E-state index contributed by atoms with van der Waals surface area (Å²) in [7, 11) is 0. The Labute approximate surface area is 168 Å². The molecule has 0 aliphatic carbocycles. The lowest BCUT2D eigenvalue weighted by Gasteiger charge is -2.20. The molecule has 0 spiro atoms. The van der Waals surface area contributed by atoms with Gasteiger partial charge in [0.2, 0.25) is 0 Å². The van der Waals surface area contributed by atoms with Crippen LogP contribution in [0.3, 0.4) is 0 Å². The fourth-order valence-corrected chi connectivity index (χ4v) is 3.20. The average Bonchev–Trinajstić information content (AvgIpc) is 3.28. The van der Waals surface area contributed by atoms with E-state index < -0.39 is 11.5 Å². The number of benzene rings is 2. The van der Waals surface area contributed by atoms with Gasteiger partial charge >= 0.3 is 0 Å². The Bertz CT molecular complexity index is 1160. The largest absolute Gasteiger partial charge is 0.463 e. The van der Waals surface area contributed by atoms with E-state index in [-0.39, 0.29) is 11.6 Å². The Morgan fingerprint density at radius 2 is 1.62 bits per heavy atom. The van der Waals surface area contributed by atoms with Gasteiger partial charge in [-0.15, -0.1) is 0 Å². The second-order valence-corrected chi connectivity index (χ2v) is 6.82. The fraction of sp³-hybridized carbons (Fsp3) is 0.0833. The van der Waals surface area contributed by atoms with Crippen LogP contribution in [0.15, 0.2) is 94.3 Å². The summed E-state index contributed by atoms with van der Waals surface area (Å²) in [5, 5.41) is 3.00. The molecule has 4 rings (SSSR count). The van der Waals surface area contributed by atoms with Crippen molar-refractivity contribution in [1.82, 2.24) is 10.3 Å². The first-order valence-corrected chi connectivity index (χ1v) is 9.31. The maximum atomic E-state index is 12.9. The highest BCUT2D eigenvalue weighted by atomic mass is 16.3. The van der Waals surface area contributed by atoms with Crippen LogP contribution in [0, 0.1) is 6.92 Å². The zero-order chi connectivity index (χ0) is 20.2. The standard InChI is InChI=1S/C24H20N2O3/c1-16-9-11-18(12-10-16)22(17-6-3-2-4-7-17)26-24(28)19-13-14-20(25-23(19)27)21-8-5-15-29-21/h2-15,22H,1H3,(H,25,27)(H,26,28). The van der Waals surface area contributed by atoms with Gasteiger partial charge in [-0.2, -0.15) is 0 Å². The minimum absolute atomic E-state index is 0.0494. The molecule has 5 heteroatoms. The van der Waals surface area contributed by atoms with Gasteiger partial charge < -0.3 is 14.7 Å². The first-order valence-electron chi connectivity index (χ1n) is 9.31. The van der Waals surface area contributed by atoms with E-state index in [9.17, 15) is 9.59 Å². The maximum absolute atomic E-state index is 12.9. The molecule has 1 unspecified atom stereocenters. The molecule has 144 valence electrons. The Balaban J connectivity index is 1.65. The van der Waals surface area contributed by atoms with Crippen molar-refractivity contribution in [3.63, 3.8) is 0 Å². The topological polar surface area (TPSA) is 75.1 Å². The molecule has 2 N–H and O–H groups in total. The van der Waals surface area contributed by atoms with Gasteiger partial charge in [-0.25, -0.2) is 0 Å². The highest BCUT2D eigenvalue weighted by Gasteiger charge is 2.20. The number of H-pyrrole nitrogens is 1. The van der Waals surface area contributed by atoms with Crippen LogP contribution < -0.4 is 10.9 Å². The molecule has 29 heavy (non-hydrogen) atoms. The predicted molar refractivity (Wildman–Crippen MR) is 112 cm³/mol. The monoisotopic (exact) mass is 384 g/mol. The van der Waals surface area contributed by atoms with Gasteiger partial charge in [0.15, 0.2) is 0 Å². The van der Waals surface area contributed by atoms with Gasteiger partial charge in [0.1, 0.15) is 11.3 Å². The SMILES string of the molecule is Cc1ccc(C(NC(=O)c2ccc(-c3ccco3)[nH]c2=O)c2ccccc2)cc1. The van der Waals surface area contributed by atoms with E-state index in [1.54, 1.807) is 18.2 Å². The lowest BCUT2D eigenvalue weighted by Crippen LogP contribution is -2.33. The summed E-state index contributed by atoms with van der Waals surface area (Å²) in [6.07, 6.45) is 1.53. The molecule has 1 atom stereocenters. The summed E-state index contributed by atoms with van der Waals surface area (Å²) in [6, 6.07) is 23.9. The first kappa shape index (κ1) is 18.5. The number of furan rings is 1. The average molecular weight is 384 g/mol. The van der Waals surface area contributed by atoms with Crippen molar-refractivity contribution in [3.8, 4) is 11.5 Å².